The lowest BCUT2D eigenvalue weighted by Gasteiger charge is -2.23. The summed E-state index contributed by atoms with van der Waals surface area (Å²) in [7, 11) is -3.76. The van der Waals surface area contributed by atoms with Crippen LogP contribution in [-0.2, 0) is 30.9 Å². The molecule has 0 saturated carbocycles. The molecule has 11 heteroatoms. The first-order valence-corrected chi connectivity index (χ1v) is 12.1. The van der Waals surface area contributed by atoms with Gasteiger partial charge in [-0.05, 0) is 37.6 Å². The molecule has 180 valence electrons. The number of carbonyl (C=O) groups excluding carboxylic acids is 2. The van der Waals surface area contributed by atoms with Crippen LogP contribution in [0.4, 0.5) is 16.2 Å². The molecule has 0 aliphatic carbocycles. The van der Waals surface area contributed by atoms with E-state index in [1.165, 1.54) is 12.1 Å². The Hall–Kier alpha value is -3.86. The average Bonchev–Trinajstić information content (AvgIpc) is 2.75. The van der Waals surface area contributed by atoms with Crippen LogP contribution in [-0.4, -0.2) is 39.9 Å². The molecule has 1 amide bonds. The lowest BCUT2D eigenvalue weighted by atomic mass is 10.1. The van der Waals surface area contributed by atoms with E-state index in [0.717, 1.165) is 10.6 Å². The summed E-state index contributed by atoms with van der Waals surface area (Å²) in [5.41, 5.74) is 1.26. The molecule has 2 aromatic carbocycles. The van der Waals surface area contributed by atoms with Crippen molar-refractivity contribution in [3.63, 3.8) is 0 Å². The second-order valence-electron chi connectivity index (χ2n) is 7.36. The topological polar surface area (TPSA) is 132 Å². The molecule has 1 heterocycles. The van der Waals surface area contributed by atoms with Gasteiger partial charge in [0.1, 0.15) is 18.7 Å². The maximum Gasteiger partial charge on any atom is 0.411 e. The molecule has 0 spiro atoms. The van der Waals surface area contributed by atoms with Crippen LogP contribution in [0.2, 0.25) is 0 Å². The number of para-hydroxylation sites is 1. The molecule has 0 unspecified atom stereocenters. The predicted octanol–water partition coefficient (Wildman–Crippen LogP) is 3.18. The number of nitrogens with one attached hydrogen (secondary N) is 1. The number of carbonyl (C=O) groups is 2. The molecular weight excluding hydrogens is 464 g/mol. The van der Waals surface area contributed by atoms with Crippen LogP contribution in [0.1, 0.15) is 18.1 Å². The molecule has 34 heavy (non-hydrogen) atoms. The van der Waals surface area contributed by atoms with Crippen molar-refractivity contribution in [1.82, 2.24) is 0 Å². The van der Waals surface area contributed by atoms with Gasteiger partial charge in [0.2, 0.25) is 10.0 Å². The summed E-state index contributed by atoms with van der Waals surface area (Å²) >= 11 is 0. The number of fused-ring (bicyclic) bond motifs is 1. The highest BCUT2D eigenvalue weighted by Crippen LogP contribution is 2.24. The second-order valence-corrected chi connectivity index (χ2v) is 9.27. The van der Waals surface area contributed by atoms with E-state index in [4.69, 9.17) is 13.9 Å². The van der Waals surface area contributed by atoms with Crippen LogP contribution >= 0.6 is 0 Å². The lowest BCUT2D eigenvalue weighted by Crippen LogP contribution is -2.36. The van der Waals surface area contributed by atoms with Gasteiger partial charge < -0.3 is 13.9 Å². The summed E-state index contributed by atoms with van der Waals surface area (Å²) in [6.07, 6.45) is 0.350. The quantitative estimate of drug-likeness (QED) is 0.378. The number of nitrogens with zero attached hydrogens (tertiary/aromatic N) is 1. The van der Waals surface area contributed by atoms with Gasteiger partial charge in [0.15, 0.2) is 0 Å². The zero-order chi connectivity index (χ0) is 24.9. The smallest absolute Gasteiger partial charge is 0.411 e. The minimum Gasteiger partial charge on any atom is -0.459 e. The number of esters is 1. The molecule has 10 nitrogen and oxygen atoms in total. The summed E-state index contributed by atoms with van der Waals surface area (Å²) in [5.74, 6) is -0.796. The number of rotatable bonds is 8. The Balaban J connectivity index is 1.78. The highest BCUT2D eigenvalue weighted by atomic mass is 32.2. The van der Waals surface area contributed by atoms with Crippen molar-refractivity contribution in [1.29, 1.82) is 0 Å². The van der Waals surface area contributed by atoms with Gasteiger partial charge in [-0.2, -0.15) is 0 Å². The highest BCUT2D eigenvalue weighted by Gasteiger charge is 2.23. The molecular formula is C23H24N2O8S. The molecule has 3 aromatic rings. The van der Waals surface area contributed by atoms with E-state index >= 15 is 0 Å². The first kappa shape index (κ1) is 24.8. The number of anilines is 2. The number of ether oxygens (including phenoxy) is 2. The van der Waals surface area contributed by atoms with Gasteiger partial charge in [0.05, 0.1) is 18.6 Å². The Labute approximate surface area is 196 Å². The van der Waals surface area contributed by atoms with E-state index in [-0.39, 0.29) is 18.8 Å². The Bertz CT molecular complexity index is 1380. The van der Waals surface area contributed by atoms with Crippen molar-refractivity contribution in [2.24, 2.45) is 0 Å². The summed E-state index contributed by atoms with van der Waals surface area (Å²) < 4.78 is 40.8. The molecule has 0 radical (unpaired) electrons. The highest BCUT2D eigenvalue weighted by molar-refractivity contribution is 7.92. The van der Waals surface area contributed by atoms with Crippen LogP contribution in [0.15, 0.2) is 57.7 Å². The molecule has 0 atom stereocenters. The average molecular weight is 489 g/mol. The third kappa shape index (κ3) is 6.13. The molecule has 0 aliphatic rings. The number of sulfonamides is 1. The first-order valence-electron chi connectivity index (χ1n) is 10.3. The lowest BCUT2D eigenvalue weighted by molar-refractivity contribution is -0.143. The third-order valence-electron chi connectivity index (χ3n) is 4.80. The number of benzene rings is 2. The van der Waals surface area contributed by atoms with Gasteiger partial charge in [0, 0.05) is 28.8 Å². The third-order valence-corrected chi connectivity index (χ3v) is 5.92. The van der Waals surface area contributed by atoms with Crippen molar-refractivity contribution in [2.45, 2.75) is 20.5 Å². The molecule has 1 N–H and O–H groups in total. The molecule has 0 fully saturated rings. The number of hydrogen-bond acceptors (Lipinski definition) is 8. The van der Waals surface area contributed by atoms with Crippen molar-refractivity contribution in [2.75, 3.05) is 29.0 Å². The van der Waals surface area contributed by atoms with Gasteiger partial charge in [-0.3, -0.25) is 14.4 Å². The fourth-order valence-electron chi connectivity index (χ4n) is 3.26. The largest absolute Gasteiger partial charge is 0.459 e. The van der Waals surface area contributed by atoms with Gasteiger partial charge in [-0.15, -0.1) is 0 Å². The normalized spacial score (nSPS) is 11.1. The van der Waals surface area contributed by atoms with E-state index in [1.807, 2.05) is 0 Å². The number of hydrogen-bond donors (Lipinski definition) is 1. The Morgan fingerprint density at radius 3 is 2.50 bits per heavy atom. The first-order chi connectivity index (χ1) is 16.1. The Morgan fingerprint density at radius 2 is 1.82 bits per heavy atom. The van der Waals surface area contributed by atoms with Crippen LogP contribution in [0.3, 0.4) is 0 Å². The molecule has 1 aromatic heterocycles. The van der Waals surface area contributed by atoms with Crippen LogP contribution in [0.25, 0.3) is 11.0 Å². The molecule has 0 bridgehead atoms. The van der Waals surface area contributed by atoms with E-state index in [1.54, 1.807) is 50.2 Å². The van der Waals surface area contributed by atoms with E-state index in [9.17, 15) is 22.8 Å². The van der Waals surface area contributed by atoms with E-state index < -0.39 is 34.3 Å². The van der Waals surface area contributed by atoms with E-state index in [2.05, 4.69) is 5.32 Å². The minimum atomic E-state index is -3.76. The number of amides is 1. The minimum absolute atomic E-state index is 0.172. The van der Waals surface area contributed by atoms with Gasteiger partial charge in [-0.25, -0.2) is 18.0 Å². The van der Waals surface area contributed by atoms with Crippen LogP contribution < -0.4 is 15.2 Å². The van der Waals surface area contributed by atoms with Crippen molar-refractivity contribution < 1.29 is 31.9 Å². The van der Waals surface area contributed by atoms with Crippen LogP contribution in [0.5, 0.6) is 0 Å². The molecule has 0 saturated heterocycles. The van der Waals surface area contributed by atoms with Crippen molar-refractivity contribution >= 4 is 44.4 Å². The maximum absolute atomic E-state index is 12.5. The van der Waals surface area contributed by atoms with Gasteiger partial charge in [-0.1, -0.05) is 18.2 Å². The van der Waals surface area contributed by atoms with Crippen molar-refractivity contribution in [3.8, 4) is 0 Å². The summed E-state index contributed by atoms with van der Waals surface area (Å²) in [6.45, 7) is 2.79. The summed E-state index contributed by atoms with van der Waals surface area (Å²) in [6, 6.07) is 12.6. The fraction of sp³-hybridized carbons (Fsp3) is 0.261. The van der Waals surface area contributed by atoms with Crippen LogP contribution in [0, 0.1) is 6.92 Å². The van der Waals surface area contributed by atoms with Crippen molar-refractivity contribution in [3.05, 3.63) is 70.1 Å². The Kier molecular flexibility index (Phi) is 7.57. The zero-order valence-electron chi connectivity index (χ0n) is 18.9. The monoisotopic (exact) mass is 488 g/mol. The Morgan fingerprint density at radius 1 is 1.09 bits per heavy atom. The number of aryl methyl sites for hydroxylation is 1. The molecule has 0 aliphatic heterocycles. The maximum atomic E-state index is 12.5. The summed E-state index contributed by atoms with van der Waals surface area (Å²) in [5, 5.41) is 3.00. The van der Waals surface area contributed by atoms with E-state index in [0.29, 0.717) is 27.9 Å². The molecule has 3 rings (SSSR count). The standard InChI is InChI=1S/C23H24N2O8S/c1-4-31-23(28)24-17-9-10-18-16(11-21(26)33-20(18)12-17)14-32-22(27)13-25(34(3,29)30)19-8-6-5-7-15(19)2/h5-12H,4,13-14H2,1-3H3,(H,24,28). The summed E-state index contributed by atoms with van der Waals surface area (Å²) in [4.78, 5) is 36.1. The fourth-order valence-corrected chi connectivity index (χ4v) is 4.16. The zero-order valence-corrected chi connectivity index (χ0v) is 19.7. The second kappa shape index (κ2) is 10.4. The van der Waals surface area contributed by atoms with Gasteiger partial charge >= 0.3 is 17.7 Å². The predicted molar refractivity (Wildman–Crippen MR) is 126 cm³/mol. The van der Waals surface area contributed by atoms with Gasteiger partial charge in [0.25, 0.3) is 0 Å². The SMILES string of the molecule is CCOC(=O)Nc1ccc2c(COC(=O)CN(c3ccccc3C)S(C)(=O)=O)cc(=O)oc2c1.